The molecule has 6 nitrogen and oxygen atoms in total. The number of aromatic nitrogens is 2. The summed E-state index contributed by atoms with van der Waals surface area (Å²) in [6.07, 6.45) is 3.74. The van der Waals surface area contributed by atoms with Gasteiger partial charge in [-0.2, -0.15) is 8.78 Å². The number of alkyl halides is 2. The number of hydrogen-bond acceptors (Lipinski definition) is 3. The van der Waals surface area contributed by atoms with E-state index >= 15 is 0 Å². The molecule has 1 aromatic heterocycles. The maximum atomic E-state index is 13.0. The van der Waals surface area contributed by atoms with Crippen molar-refractivity contribution >= 4 is 5.96 Å². The molecule has 1 aliphatic heterocycles. The van der Waals surface area contributed by atoms with Gasteiger partial charge in [0.15, 0.2) is 5.96 Å². The smallest absolute Gasteiger partial charge is 0.319 e. The van der Waals surface area contributed by atoms with Crippen LogP contribution in [0, 0.1) is 0 Å². The number of benzene rings is 1. The largest absolute Gasteiger partial charge is 0.357 e. The van der Waals surface area contributed by atoms with Crippen molar-refractivity contribution in [2.75, 3.05) is 32.7 Å². The Balaban J connectivity index is 1.64. The summed E-state index contributed by atoms with van der Waals surface area (Å²) in [7, 11) is 0. The number of guanidine groups is 1. The van der Waals surface area contributed by atoms with Gasteiger partial charge < -0.3 is 10.2 Å². The lowest BCUT2D eigenvalue weighted by Gasteiger charge is -2.40. The lowest BCUT2D eigenvalue weighted by Crippen LogP contribution is -2.53. The zero-order chi connectivity index (χ0) is 20.6. The molecule has 158 valence electrons. The van der Waals surface area contributed by atoms with Crippen molar-refractivity contribution in [3.63, 3.8) is 0 Å². The zero-order valence-corrected chi connectivity index (χ0v) is 17.1. The molecule has 1 aliphatic rings. The Bertz CT molecular complexity index is 768. The molecule has 1 atom stereocenters. The first-order chi connectivity index (χ1) is 14.1. The Morgan fingerprint density at radius 1 is 1.14 bits per heavy atom. The molecule has 0 radical (unpaired) electrons. The Labute approximate surface area is 171 Å². The highest BCUT2D eigenvalue weighted by molar-refractivity contribution is 5.80. The van der Waals surface area contributed by atoms with E-state index in [1.807, 2.05) is 13.0 Å². The average Bonchev–Trinajstić information content (AvgIpc) is 3.22. The fraction of sp³-hybridized carbons (Fsp3) is 0.524. The molecule has 0 amide bonds. The number of halogens is 2. The van der Waals surface area contributed by atoms with Crippen LogP contribution >= 0.6 is 0 Å². The SMILES string of the molecule is CCNC(=NCc1nccn1C(F)F)N1CCN(C(CC)c2ccccc2)CC1. The summed E-state index contributed by atoms with van der Waals surface area (Å²) in [5.74, 6) is 1.02. The lowest BCUT2D eigenvalue weighted by atomic mass is 10.0. The van der Waals surface area contributed by atoms with Gasteiger partial charge in [0, 0.05) is 51.2 Å². The van der Waals surface area contributed by atoms with Crippen molar-refractivity contribution < 1.29 is 8.78 Å². The second-order valence-corrected chi connectivity index (χ2v) is 7.06. The molecule has 1 N–H and O–H groups in total. The van der Waals surface area contributed by atoms with Crippen LogP contribution in [0.1, 0.15) is 44.2 Å². The molecule has 0 bridgehead atoms. The first kappa shape index (κ1) is 21.2. The second kappa shape index (κ2) is 10.3. The maximum absolute atomic E-state index is 13.0. The van der Waals surface area contributed by atoms with Crippen LogP contribution in [0.15, 0.2) is 47.7 Å². The fourth-order valence-corrected chi connectivity index (χ4v) is 3.84. The quantitative estimate of drug-likeness (QED) is 0.567. The summed E-state index contributed by atoms with van der Waals surface area (Å²) in [6.45, 7) is 6.04. The van der Waals surface area contributed by atoms with Gasteiger partial charge in [0.2, 0.25) is 0 Å². The molecule has 2 heterocycles. The molecular formula is C21H30F2N6. The van der Waals surface area contributed by atoms with Crippen LogP contribution in [0.25, 0.3) is 0 Å². The molecule has 0 aliphatic carbocycles. The number of nitrogens with one attached hydrogen (secondary N) is 1. The summed E-state index contributed by atoms with van der Waals surface area (Å²) in [5, 5.41) is 3.29. The summed E-state index contributed by atoms with van der Waals surface area (Å²) in [5.41, 5.74) is 1.35. The van der Waals surface area contributed by atoms with Crippen LogP contribution < -0.4 is 5.32 Å². The molecular weight excluding hydrogens is 374 g/mol. The Morgan fingerprint density at radius 3 is 2.48 bits per heavy atom. The zero-order valence-electron chi connectivity index (χ0n) is 17.1. The van der Waals surface area contributed by atoms with Gasteiger partial charge in [-0.1, -0.05) is 37.3 Å². The molecule has 2 aromatic rings. The molecule has 1 aromatic carbocycles. The molecule has 1 saturated heterocycles. The number of imidazole rings is 1. The summed E-state index contributed by atoms with van der Waals surface area (Å²) in [6, 6.07) is 11.0. The highest BCUT2D eigenvalue weighted by atomic mass is 19.3. The minimum Gasteiger partial charge on any atom is -0.357 e. The van der Waals surface area contributed by atoms with Gasteiger partial charge in [0.1, 0.15) is 12.4 Å². The second-order valence-electron chi connectivity index (χ2n) is 7.06. The highest BCUT2D eigenvalue weighted by Crippen LogP contribution is 2.25. The van der Waals surface area contributed by atoms with Crippen LogP contribution in [-0.2, 0) is 6.54 Å². The molecule has 29 heavy (non-hydrogen) atoms. The first-order valence-electron chi connectivity index (χ1n) is 10.3. The normalized spacial score (nSPS) is 17.0. The molecule has 0 spiro atoms. The number of hydrogen-bond donors (Lipinski definition) is 1. The van der Waals surface area contributed by atoms with E-state index in [0.717, 1.165) is 49.7 Å². The Kier molecular flexibility index (Phi) is 7.57. The molecule has 1 fully saturated rings. The third-order valence-corrected chi connectivity index (χ3v) is 5.29. The van der Waals surface area contributed by atoms with E-state index in [2.05, 4.69) is 56.3 Å². The molecule has 3 rings (SSSR count). The van der Waals surface area contributed by atoms with Crippen LogP contribution in [0.2, 0.25) is 0 Å². The summed E-state index contributed by atoms with van der Waals surface area (Å²) >= 11 is 0. The maximum Gasteiger partial charge on any atom is 0.319 e. The monoisotopic (exact) mass is 404 g/mol. The van der Waals surface area contributed by atoms with Crippen LogP contribution in [-0.4, -0.2) is 58.0 Å². The highest BCUT2D eigenvalue weighted by Gasteiger charge is 2.25. The topological polar surface area (TPSA) is 48.7 Å². The van der Waals surface area contributed by atoms with E-state index in [4.69, 9.17) is 0 Å². The fourth-order valence-electron chi connectivity index (χ4n) is 3.84. The van der Waals surface area contributed by atoms with Gasteiger partial charge in [-0.15, -0.1) is 0 Å². The number of rotatable bonds is 7. The van der Waals surface area contributed by atoms with Gasteiger partial charge in [-0.05, 0) is 18.9 Å². The number of piperazine rings is 1. The van der Waals surface area contributed by atoms with E-state index < -0.39 is 6.55 Å². The Morgan fingerprint density at radius 2 is 1.86 bits per heavy atom. The standard InChI is InChI=1S/C21H30F2N6/c1-3-18(17-8-6-5-7-9-17)27-12-14-28(15-13-27)21(24-4-2)26-16-19-25-10-11-29(19)20(22)23/h5-11,18,20H,3-4,12-16H2,1-2H3,(H,24,26). The van der Waals surface area contributed by atoms with Crippen LogP contribution in [0.3, 0.4) is 0 Å². The summed E-state index contributed by atoms with van der Waals surface area (Å²) in [4.78, 5) is 13.3. The van der Waals surface area contributed by atoms with E-state index in [1.165, 1.54) is 18.0 Å². The van der Waals surface area contributed by atoms with Gasteiger partial charge >= 0.3 is 6.55 Å². The predicted molar refractivity (Wildman–Crippen MR) is 111 cm³/mol. The molecule has 0 saturated carbocycles. The van der Waals surface area contributed by atoms with Gasteiger partial charge in [-0.25, -0.2) is 9.98 Å². The Hall–Kier alpha value is -2.48. The van der Waals surface area contributed by atoms with Crippen molar-refractivity contribution in [2.24, 2.45) is 4.99 Å². The van der Waals surface area contributed by atoms with Crippen molar-refractivity contribution in [3.05, 3.63) is 54.1 Å². The van der Waals surface area contributed by atoms with E-state index in [0.29, 0.717) is 6.04 Å². The van der Waals surface area contributed by atoms with Crippen molar-refractivity contribution in [1.82, 2.24) is 24.7 Å². The van der Waals surface area contributed by atoms with Crippen molar-refractivity contribution in [1.29, 1.82) is 0 Å². The third-order valence-electron chi connectivity index (χ3n) is 5.29. The summed E-state index contributed by atoms with van der Waals surface area (Å²) < 4.78 is 26.9. The number of aliphatic imine (C=N–C) groups is 1. The molecule has 1 unspecified atom stereocenters. The van der Waals surface area contributed by atoms with Gasteiger partial charge in [-0.3, -0.25) is 9.47 Å². The van der Waals surface area contributed by atoms with Crippen LogP contribution in [0.5, 0.6) is 0 Å². The van der Waals surface area contributed by atoms with Crippen LogP contribution in [0.4, 0.5) is 8.78 Å². The van der Waals surface area contributed by atoms with E-state index in [9.17, 15) is 8.78 Å². The predicted octanol–water partition coefficient (Wildman–Crippen LogP) is 3.51. The lowest BCUT2D eigenvalue weighted by molar-refractivity contribution is 0.0670. The van der Waals surface area contributed by atoms with E-state index in [-0.39, 0.29) is 12.4 Å². The molecule has 8 heteroatoms. The van der Waals surface area contributed by atoms with E-state index in [1.54, 1.807) is 0 Å². The van der Waals surface area contributed by atoms with Gasteiger partial charge in [0.05, 0.1) is 0 Å². The van der Waals surface area contributed by atoms with Crippen molar-refractivity contribution in [3.8, 4) is 0 Å². The minimum absolute atomic E-state index is 0.126. The first-order valence-corrected chi connectivity index (χ1v) is 10.3. The number of nitrogens with zero attached hydrogens (tertiary/aromatic N) is 5. The van der Waals surface area contributed by atoms with Crippen molar-refractivity contribution in [2.45, 2.75) is 39.4 Å². The average molecular weight is 405 g/mol. The van der Waals surface area contributed by atoms with Gasteiger partial charge in [0.25, 0.3) is 0 Å². The minimum atomic E-state index is -2.60. The third kappa shape index (κ3) is 5.32.